The van der Waals surface area contributed by atoms with E-state index in [0.29, 0.717) is 11.3 Å². The maximum atomic E-state index is 13.1. The zero-order chi connectivity index (χ0) is 24.8. The highest BCUT2D eigenvalue weighted by Crippen LogP contribution is 2.24. The zero-order valence-corrected chi connectivity index (χ0v) is 19.8. The van der Waals surface area contributed by atoms with Crippen LogP contribution < -0.4 is 10.1 Å². The second-order valence-electron chi connectivity index (χ2n) is 6.89. The summed E-state index contributed by atoms with van der Waals surface area (Å²) in [6.07, 6.45) is 0. The Hall–Kier alpha value is -3.44. The lowest BCUT2D eigenvalue weighted by molar-refractivity contribution is -0.116. The van der Waals surface area contributed by atoms with Gasteiger partial charge in [-0.2, -0.15) is 4.31 Å². The third kappa shape index (κ3) is 6.08. The number of amides is 1. The fourth-order valence-electron chi connectivity index (χ4n) is 3.06. The van der Waals surface area contributed by atoms with Gasteiger partial charge in [-0.3, -0.25) is 4.79 Å². The topological polar surface area (TPSA) is 128 Å². The molecule has 0 aliphatic heterocycles. The highest BCUT2D eigenvalue weighted by molar-refractivity contribution is 7.89. The molecule has 0 bridgehead atoms. The minimum atomic E-state index is -3.97. The fraction of sp³-hybridized carbons (Fsp3) is 0.318. The van der Waals surface area contributed by atoms with Crippen molar-refractivity contribution < 1.29 is 37.0 Å². The molecule has 0 fully saturated rings. The van der Waals surface area contributed by atoms with Gasteiger partial charge in [-0.15, -0.1) is 0 Å². The van der Waals surface area contributed by atoms with Gasteiger partial charge in [0.05, 0.1) is 43.9 Å². The Balaban J connectivity index is 2.28. The number of methoxy groups -OCH3 is 3. The van der Waals surface area contributed by atoms with Crippen LogP contribution >= 0.6 is 0 Å². The molecule has 11 heteroatoms. The molecule has 0 radical (unpaired) electrons. The Bertz CT molecular complexity index is 1130. The highest BCUT2D eigenvalue weighted by Gasteiger charge is 2.26. The number of ether oxygens (including phenoxy) is 3. The summed E-state index contributed by atoms with van der Waals surface area (Å²) in [5.41, 5.74) is 0.778. The van der Waals surface area contributed by atoms with Crippen molar-refractivity contribution in [2.24, 2.45) is 0 Å². The number of carbonyl (C=O) groups is 3. The van der Waals surface area contributed by atoms with Gasteiger partial charge in [0.25, 0.3) is 0 Å². The van der Waals surface area contributed by atoms with Gasteiger partial charge in [-0.05, 0) is 48.9 Å². The minimum absolute atomic E-state index is 0.0179. The third-order valence-corrected chi connectivity index (χ3v) is 6.65. The number of nitrogens with zero attached hydrogens (tertiary/aromatic N) is 1. The Morgan fingerprint density at radius 2 is 1.52 bits per heavy atom. The van der Waals surface area contributed by atoms with Gasteiger partial charge in [0, 0.05) is 12.2 Å². The molecule has 2 aromatic carbocycles. The molecule has 178 valence electrons. The largest absolute Gasteiger partial charge is 0.496 e. The molecule has 10 nitrogen and oxygen atoms in total. The summed E-state index contributed by atoms with van der Waals surface area (Å²) in [7, 11) is -0.129. The van der Waals surface area contributed by atoms with Crippen molar-refractivity contribution in [1.82, 2.24) is 4.31 Å². The third-order valence-electron chi connectivity index (χ3n) is 4.74. The van der Waals surface area contributed by atoms with Crippen molar-refractivity contribution in [3.8, 4) is 5.75 Å². The standard InChI is InChI=1S/C22H26N2O8S/c1-6-24(33(28,29)18-7-8-19(30-3)14(2)9-18)13-20(25)23-17-11-15(21(26)31-4)10-16(12-17)22(27)32-5/h7-12H,6,13H2,1-5H3,(H,23,25). The first-order valence-electron chi connectivity index (χ1n) is 9.83. The molecule has 0 unspecified atom stereocenters. The van der Waals surface area contributed by atoms with Crippen LogP contribution in [0.15, 0.2) is 41.3 Å². The monoisotopic (exact) mass is 478 g/mol. The van der Waals surface area contributed by atoms with E-state index in [0.717, 1.165) is 4.31 Å². The van der Waals surface area contributed by atoms with E-state index in [1.165, 1.54) is 51.7 Å². The first-order chi connectivity index (χ1) is 15.6. The molecule has 0 atom stereocenters. The van der Waals surface area contributed by atoms with Gasteiger partial charge >= 0.3 is 11.9 Å². The Kier molecular flexibility index (Phi) is 8.55. The molecule has 0 aromatic heterocycles. The van der Waals surface area contributed by atoms with Gasteiger partial charge in [0.1, 0.15) is 5.75 Å². The molecule has 1 amide bonds. The minimum Gasteiger partial charge on any atom is -0.496 e. The second-order valence-corrected chi connectivity index (χ2v) is 8.83. The van der Waals surface area contributed by atoms with Crippen LogP contribution in [0.3, 0.4) is 0 Å². The van der Waals surface area contributed by atoms with Gasteiger partial charge < -0.3 is 19.5 Å². The van der Waals surface area contributed by atoms with Crippen LogP contribution in [0.2, 0.25) is 0 Å². The number of sulfonamides is 1. The second kappa shape index (κ2) is 10.9. The van der Waals surface area contributed by atoms with E-state index in [2.05, 4.69) is 14.8 Å². The van der Waals surface area contributed by atoms with E-state index in [-0.39, 0.29) is 28.3 Å². The van der Waals surface area contributed by atoms with Crippen molar-refractivity contribution in [2.75, 3.05) is 39.7 Å². The molecule has 33 heavy (non-hydrogen) atoms. The predicted molar refractivity (Wildman–Crippen MR) is 120 cm³/mol. The zero-order valence-electron chi connectivity index (χ0n) is 19.0. The lowest BCUT2D eigenvalue weighted by Gasteiger charge is -2.21. The Morgan fingerprint density at radius 1 is 0.939 bits per heavy atom. The number of rotatable bonds is 9. The van der Waals surface area contributed by atoms with Crippen LogP contribution in [0, 0.1) is 6.92 Å². The number of hydrogen-bond donors (Lipinski definition) is 1. The summed E-state index contributed by atoms with van der Waals surface area (Å²) in [5, 5.41) is 2.52. The van der Waals surface area contributed by atoms with E-state index in [9.17, 15) is 22.8 Å². The fourth-order valence-corrected chi connectivity index (χ4v) is 4.55. The summed E-state index contributed by atoms with van der Waals surface area (Å²) >= 11 is 0. The SMILES string of the molecule is CCN(CC(=O)Nc1cc(C(=O)OC)cc(C(=O)OC)c1)S(=O)(=O)c1ccc(OC)c(C)c1. The number of benzene rings is 2. The van der Waals surface area contributed by atoms with Crippen LogP contribution in [0.5, 0.6) is 5.75 Å². The van der Waals surface area contributed by atoms with E-state index < -0.39 is 34.4 Å². The van der Waals surface area contributed by atoms with E-state index >= 15 is 0 Å². The van der Waals surface area contributed by atoms with Crippen LogP contribution in [0.1, 0.15) is 33.2 Å². The molecule has 0 saturated carbocycles. The molecule has 0 heterocycles. The van der Waals surface area contributed by atoms with Crippen molar-refractivity contribution in [3.63, 3.8) is 0 Å². The number of likely N-dealkylation sites (N-methyl/N-ethyl adjacent to an activating group) is 1. The number of hydrogen-bond acceptors (Lipinski definition) is 8. The summed E-state index contributed by atoms with van der Waals surface area (Å²) in [5.74, 6) is -1.56. The quantitative estimate of drug-likeness (QED) is 0.544. The van der Waals surface area contributed by atoms with Crippen LogP contribution in [0.25, 0.3) is 0 Å². The van der Waals surface area contributed by atoms with E-state index in [1.54, 1.807) is 19.9 Å². The van der Waals surface area contributed by atoms with Gasteiger partial charge in [-0.25, -0.2) is 18.0 Å². The molecule has 0 aliphatic rings. The molecule has 0 saturated heterocycles. The molecule has 2 aromatic rings. The highest BCUT2D eigenvalue weighted by atomic mass is 32.2. The lowest BCUT2D eigenvalue weighted by Crippen LogP contribution is -2.37. The van der Waals surface area contributed by atoms with Crippen LogP contribution in [-0.2, 0) is 24.3 Å². The van der Waals surface area contributed by atoms with E-state index in [4.69, 9.17) is 4.74 Å². The lowest BCUT2D eigenvalue weighted by atomic mass is 10.1. The Morgan fingerprint density at radius 3 is 1.97 bits per heavy atom. The smallest absolute Gasteiger partial charge is 0.337 e. The predicted octanol–water partition coefficient (Wildman–Crippen LogP) is 2.23. The molecule has 1 N–H and O–H groups in total. The number of nitrogens with one attached hydrogen (secondary N) is 1. The average Bonchev–Trinajstić information content (AvgIpc) is 2.80. The molecular weight excluding hydrogens is 452 g/mol. The van der Waals surface area contributed by atoms with Crippen molar-refractivity contribution in [3.05, 3.63) is 53.1 Å². The number of carbonyl (C=O) groups excluding carboxylic acids is 3. The number of aryl methyl sites for hydroxylation is 1. The summed E-state index contributed by atoms with van der Waals surface area (Å²) < 4.78 is 41.6. The number of esters is 2. The maximum absolute atomic E-state index is 13.1. The summed E-state index contributed by atoms with van der Waals surface area (Å²) in [4.78, 5) is 36.5. The van der Waals surface area contributed by atoms with Crippen molar-refractivity contribution in [1.29, 1.82) is 0 Å². The molecular formula is C22H26N2O8S. The van der Waals surface area contributed by atoms with Crippen molar-refractivity contribution >= 4 is 33.6 Å². The van der Waals surface area contributed by atoms with Crippen LogP contribution in [0.4, 0.5) is 5.69 Å². The normalized spacial score (nSPS) is 11.1. The van der Waals surface area contributed by atoms with Gasteiger partial charge in [0.2, 0.25) is 15.9 Å². The maximum Gasteiger partial charge on any atom is 0.337 e. The molecule has 2 rings (SSSR count). The molecule has 0 spiro atoms. The average molecular weight is 479 g/mol. The van der Waals surface area contributed by atoms with Gasteiger partial charge in [-0.1, -0.05) is 6.92 Å². The van der Waals surface area contributed by atoms with Gasteiger partial charge in [0.15, 0.2) is 0 Å². The van der Waals surface area contributed by atoms with Crippen molar-refractivity contribution in [2.45, 2.75) is 18.7 Å². The summed E-state index contributed by atoms with van der Waals surface area (Å²) in [6.45, 7) is 2.87. The first kappa shape index (κ1) is 25.8. The van der Waals surface area contributed by atoms with E-state index in [1.807, 2.05) is 0 Å². The molecule has 0 aliphatic carbocycles. The summed E-state index contributed by atoms with van der Waals surface area (Å²) in [6, 6.07) is 8.31. The van der Waals surface area contributed by atoms with Crippen LogP contribution in [-0.4, -0.2) is 65.0 Å². The number of anilines is 1. The Labute approximate surface area is 192 Å². The first-order valence-corrected chi connectivity index (χ1v) is 11.3.